The molecule has 1 N–H and O–H groups in total. The highest BCUT2D eigenvalue weighted by molar-refractivity contribution is 6.44. The van der Waals surface area contributed by atoms with E-state index in [0.717, 1.165) is 19.3 Å². The standard InChI is InChI=1S/C14H18Cl2O2/c1-2-3-4-5-6-7-11(17)10-8-9-12(18)14(16)13(10)15/h8-9,18H,2-7H2,1H3. The smallest absolute Gasteiger partial charge is 0.164 e. The number of ketones is 1. The van der Waals surface area contributed by atoms with E-state index in [9.17, 15) is 9.90 Å². The number of rotatable bonds is 7. The number of aromatic hydroxyl groups is 1. The Bertz CT molecular complexity index is 417. The molecule has 0 aliphatic heterocycles. The zero-order chi connectivity index (χ0) is 13.5. The van der Waals surface area contributed by atoms with Crippen LogP contribution in [0, 0.1) is 0 Å². The number of halogens is 2. The zero-order valence-corrected chi connectivity index (χ0v) is 12.0. The summed E-state index contributed by atoms with van der Waals surface area (Å²) in [6, 6.07) is 2.93. The first-order valence-electron chi connectivity index (χ1n) is 6.28. The zero-order valence-electron chi connectivity index (χ0n) is 10.5. The molecule has 0 atom stereocenters. The number of unbranched alkanes of at least 4 members (excludes halogenated alkanes) is 4. The van der Waals surface area contributed by atoms with Gasteiger partial charge >= 0.3 is 0 Å². The predicted octanol–water partition coefficient (Wildman–Crippen LogP) is 5.24. The van der Waals surface area contributed by atoms with Crippen molar-refractivity contribution in [3.05, 3.63) is 27.7 Å². The topological polar surface area (TPSA) is 37.3 Å². The summed E-state index contributed by atoms with van der Waals surface area (Å²) in [6.07, 6.45) is 5.96. The molecule has 1 rings (SSSR count). The molecule has 0 aliphatic carbocycles. The molecule has 18 heavy (non-hydrogen) atoms. The van der Waals surface area contributed by atoms with E-state index >= 15 is 0 Å². The Morgan fingerprint density at radius 2 is 1.78 bits per heavy atom. The first-order chi connectivity index (χ1) is 8.57. The molecule has 0 saturated heterocycles. The molecule has 0 saturated carbocycles. The number of phenolic OH excluding ortho intramolecular Hbond substituents is 1. The molecule has 0 aromatic heterocycles. The van der Waals surface area contributed by atoms with E-state index in [2.05, 4.69) is 6.92 Å². The molecule has 100 valence electrons. The van der Waals surface area contributed by atoms with Gasteiger partial charge in [0.25, 0.3) is 0 Å². The van der Waals surface area contributed by atoms with Crippen LogP contribution < -0.4 is 0 Å². The third kappa shape index (κ3) is 4.18. The fourth-order valence-corrected chi connectivity index (χ4v) is 2.21. The number of phenols is 1. The number of benzene rings is 1. The Labute approximate surface area is 118 Å². The minimum absolute atomic E-state index is 0.0154. The van der Waals surface area contributed by atoms with Crippen LogP contribution in [0.1, 0.15) is 55.8 Å². The molecule has 1 aromatic rings. The van der Waals surface area contributed by atoms with Crippen LogP contribution >= 0.6 is 23.2 Å². The van der Waals surface area contributed by atoms with Crippen LogP contribution in [0.15, 0.2) is 12.1 Å². The van der Waals surface area contributed by atoms with Gasteiger partial charge in [0.05, 0.1) is 5.02 Å². The molecule has 2 nitrogen and oxygen atoms in total. The first kappa shape index (κ1) is 15.3. The lowest BCUT2D eigenvalue weighted by Gasteiger charge is -2.06. The Balaban J connectivity index is 2.54. The van der Waals surface area contributed by atoms with Gasteiger partial charge in [0.2, 0.25) is 0 Å². The van der Waals surface area contributed by atoms with Crippen LogP contribution in [-0.2, 0) is 0 Å². The largest absolute Gasteiger partial charge is 0.506 e. The predicted molar refractivity (Wildman–Crippen MR) is 75.8 cm³/mol. The molecule has 0 amide bonds. The average molecular weight is 289 g/mol. The van der Waals surface area contributed by atoms with E-state index in [-0.39, 0.29) is 21.6 Å². The Hall–Kier alpha value is -0.730. The van der Waals surface area contributed by atoms with E-state index in [1.807, 2.05) is 0 Å². The highest BCUT2D eigenvalue weighted by Gasteiger charge is 2.14. The summed E-state index contributed by atoms with van der Waals surface area (Å²) in [5.74, 6) is -0.112. The van der Waals surface area contributed by atoms with E-state index in [4.69, 9.17) is 23.2 Å². The summed E-state index contributed by atoms with van der Waals surface area (Å²) in [6.45, 7) is 2.16. The minimum atomic E-state index is -0.0961. The average Bonchev–Trinajstić information content (AvgIpc) is 2.35. The van der Waals surface area contributed by atoms with Crippen LogP contribution in [0.25, 0.3) is 0 Å². The second-order valence-electron chi connectivity index (χ2n) is 4.35. The highest BCUT2D eigenvalue weighted by atomic mass is 35.5. The van der Waals surface area contributed by atoms with Crippen LogP contribution in [0.2, 0.25) is 10.0 Å². The second-order valence-corrected chi connectivity index (χ2v) is 5.10. The summed E-state index contributed by atoms with van der Waals surface area (Å²) in [5, 5.41) is 9.55. The molecule has 0 heterocycles. The summed E-state index contributed by atoms with van der Waals surface area (Å²) >= 11 is 11.7. The Morgan fingerprint density at radius 1 is 1.11 bits per heavy atom. The minimum Gasteiger partial charge on any atom is -0.506 e. The summed E-state index contributed by atoms with van der Waals surface area (Å²) in [7, 11) is 0. The van der Waals surface area contributed by atoms with E-state index in [0.29, 0.717) is 12.0 Å². The van der Waals surface area contributed by atoms with Gasteiger partial charge in [-0.3, -0.25) is 4.79 Å². The Morgan fingerprint density at radius 3 is 2.44 bits per heavy atom. The molecule has 4 heteroatoms. The molecule has 0 unspecified atom stereocenters. The van der Waals surface area contributed by atoms with Crippen molar-refractivity contribution in [3.8, 4) is 5.75 Å². The van der Waals surface area contributed by atoms with E-state index in [1.165, 1.54) is 25.0 Å². The van der Waals surface area contributed by atoms with Crippen LogP contribution in [-0.4, -0.2) is 10.9 Å². The molecular weight excluding hydrogens is 271 g/mol. The van der Waals surface area contributed by atoms with Gasteiger partial charge in [-0.2, -0.15) is 0 Å². The van der Waals surface area contributed by atoms with Crippen LogP contribution in [0.3, 0.4) is 0 Å². The maximum atomic E-state index is 11.9. The molecule has 0 bridgehead atoms. The van der Waals surface area contributed by atoms with Crippen molar-refractivity contribution >= 4 is 29.0 Å². The molecule has 0 aliphatic rings. The van der Waals surface area contributed by atoms with Gasteiger partial charge in [0.1, 0.15) is 10.8 Å². The van der Waals surface area contributed by atoms with Crippen molar-refractivity contribution in [2.24, 2.45) is 0 Å². The van der Waals surface area contributed by atoms with E-state index in [1.54, 1.807) is 0 Å². The maximum Gasteiger partial charge on any atom is 0.164 e. The fourth-order valence-electron chi connectivity index (χ4n) is 1.78. The lowest BCUT2D eigenvalue weighted by Crippen LogP contribution is -2.00. The van der Waals surface area contributed by atoms with Crippen molar-refractivity contribution in [1.82, 2.24) is 0 Å². The van der Waals surface area contributed by atoms with Gasteiger partial charge < -0.3 is 5.11 Å². The third-order valence-electron chi connectivity index (χ3n) is 2.87. The number of hydrogen-bond donors (Lipinski definition) is 1. The number of hydrogen-bond acceptors (Lipinski definition) is 2. The van der Waals surface area contributed by atoms with Crippen molar-refractivity contribution in [1.29, 1.82) is 0 Å². The fraction of sp³-hybridized carbons (Fsp3) is 0.500. The second kappa shape index (κ2) is 7.65. The molecule has 0 radical (unpaired) electrons. The van der Waals surface area contributed by atoms with Gasteiger partial charge in [-0.1, -0.05) is 55.8 Å². The lowest BCUT2D eigenvalue weighted by molar-refractivity contribution is 0.0979. The first-order valence-corrected chi connectivity index (χ1v) is 7.03. The number of carbonyl (C=O) groups is 1. The van der Waals surface area contributed by atoms with Crippen molar-refractivity contribution in [3.63, 3.8) is 0 Å². The summed E-state index contributed by atoms with van der Waals surface area (Å²) in [4.78, 5) is 11.9. The lowest BCUT2D eigenvalue weighted by atomic mass is 10.0. The van der Waals surface area contributed by atoms with Gasteiger partial charge in [0.15, 0.2) is 5.78 Å². The van der Waals surface area contributed by atoms with E-state index < -0.39 is 0 Å². The normalized spacial score (nSPS) is 10.6. The van der Waals surface area contributed by atoms with Crippen molar-refractivity contribution < 1.29 is 9.90 Å². The molecular formula is C14H18Cl2O2. The van der Waals surface area contributed by atoms with Gasteiger partial charge in [-0.15, -0.1) is 0 Å². The van der Waals surface area contributed by atoms with Crippen LogP contribution in [0.4, 0.5) is 0 Å². The molecule has 0 fully saturated rings. The monoisotopic (exact) mass is 288 g/mol. The maximum absolute atomic E-state index is 11.9. The van der Waals surface area contributed by atoms with Crippen molar-refractivity contribution in [2.75, 3.05) is 0 Å². The van der Waals surface area contributed by atoms with Gasteiger partial charge in [0, 0.05) is 12.0 Å². The summed E-state index contributed by atoms with van der Waals surface area (Å²) < 4.78 is 0. The van der Waals surface area contributed by atoms with Crippen LogP contribution in [0.5, 0.6) is 5.75 Å². The quantitative estimate of drug-likeness (QED) is 0.550. The molecule has 0 spiro atoms. The number of Topliss-reactive ketones (excluding diaryl/α,β-unsaturated/α-hetero) is 1. The third-order valence-corrected chi connectivity index (χ3v) is 3.74. The number of carbonyl (C=O) groups excluding carboxylic acids is 1. The molecule has 1 aromatic carbocycles. The van der Waals surface area contributed by atoms with Gasteiger partial charge in [-0.25, -0.2) is 0 Å². The van der Waals surface area contributed by atoms with Crippen molar-refractivity contribution in [2.45, 2.75) is 45.4 Å². The Kier molecular flexibility index (Phi) is 6.51. The summed E-state index contributed by atoms with van der Waals surface area (Å²) in [5.41, 5.74) is 0.398. The SMILES string of the molecule is CCCCCCCC(=O)c1ccc(O)c(Cl)c1Cl. The highest BCUT2D eigenvalue weighted by Crippen LogP contribution is 2.34. The van der Waals surface area contributed by atoms with Gasteiger partial charge in [-0.05, 0) is 18.6 Å².